The van der Waals surface area contributed by atoms with Gasteiger partial charge in [-0.05, 0) is 43.2 Å². The van der Waals surface area contributed by atoms with E-state index in [1.54, 1.807) is 6.07 Å². The molecule has 1 heterocycles. The maximum absolute atomic E-state index is 8.88. The van der Waals surface area contributed by atoms with Crippen LogP contribution < -0.4 is 4.74 Å². The molecule has 0 aliphatic heterocycles. The third-order valence-electron chi connectivity index (χ3n) is 2.87. The summed E-state index contributed by atoms with van der Waals surface area (Å²) in [5.74, 6) is 0.866. The minimum atomic E-state index is 0.458. The van der Waals surface area contributed by atoms with E-state index in [1.165, 1.54) is 0 Å². The summed E-state index contributed by atoms with van der Waals surface area (Å²) in [5, 5.41) is 9.93. The van der Waals surface area contributed by atoms with Crippen LogP contribution >= 0.6 is 0 Å². The molecule has 0 aliphatic carbocycles. The van der Waals surface area contributed by atoms with Crippen LogP contribution in [0.1, 0.15) is 31.0 Å². The Hall–Kier alpha value is -2.08. The molecule has 0 aliphatic rings. The first-order valence-electron chi connectivity index (χ1n) is 6.19. The van der Waals surface area contributed by atoms with Crippen LogP contribution in [0.5, 0.6) is 5.75 Å². The van der Waals surface area contributed by atoms with Gasteiger partial charge in [-0.2, -0.15) is 5.26 Å². The largest absolute Gasteiger partial charge is 0.494 e. The highest BCUT2D eigenvalue weighted by Crippen LogP contribution is 2.23. The third-order valence-corrected chi connectivity index (χ3v) is 2.87. The van der Waals surface area contributed by atoms with Crippen molar-refractivity contribution in [2.75, 3.05) is 6.61 Å². The smallest absolute Gasteiger partial charge is 0.141 e. The standard InChI is InChI=1S/C15H16N2O/c1-3-4-7-18-13-5-6-15-14(9-13)11(2)8-12(10-16)17-15/h5-6,8-9H,3-4,7H2,1-2H3. The molecule has 0 spiro atoms. The number of hydrogen-bond donors (Lipinski definition) is 0. The molecule has 0 amide bonds. The fourth-order valence-corrected chi connectivity index (χ4v) is 1.85. The summed E-state index contributed by atoms with van der Waals surface area (Å²) in [4.78, 5) is 4.28. The molecule has 2 aromatic rings. The van der Waals surface area contributed by atoms with Gasteiger partial charge in [-0.1, -0.05) is 13.3 Å². The SMILES string of the molecule is CCCCOc1ccc2nc(C#N)cc(C)c2c1. The molecule has 92 valence electrons. The van der Waals surface area contributed by atoms with E-state index < -0.39 is 0 Å². The highest BCUT2D eigenvalue weighted by atomic mass is 16.5. The van der Waals surface area contributed by atoms with Gasteiger partial charge in [0.2, 0.25) is 0 Å². The first kappa shape index (κ1) is 12.4. The van der Waals surface area contributed by atoms with Crippen molar-refractivity contribution in [2.24, 2.45) is 0 Å². The maximum Gasteiger partial charge on any atom is 0.141 e. The normalized spacial score (nSPS) is 10.3. The summed E-state index contributed by atoms with van der Waals surface area (Å²) >= 11 is 0. The highest BCUT2D eigenvalue weighted by Gasteiger charge is 2.04. The summed E-state index contributed by atoms with van der Waals surface area (Å²) in [6.07, 6.45) is 2.18. The molecule has 3 nitrogen and oxygen atoms in total. The van der Waals surface area contributed by atoms with Crippen LogP contribution in [0, 0.1) is 18.3 Å². The maximum atomic E-state index is 8.88. The van der Waals surface area contributed by atoms with Crippen molar-refractivity contribution in [3.05, 3.63) is 35.5 Å². The Morgan fingerprint density at radius 2 is 2.17 bits per heavy atom. The van der Waals surface area contributed by atoms with Gasteiger partial charge in [0.1, 0.15) is 17.5 Å². The molecule has 1 aromatic carbocycles. The number of pyridine rings is 1. The van der Waals surface area contributed by atoms with E-state index in [1.807, 2.05) is 25.1 Å². The number of nitriles is 1. The summed E-state index contributed by atoms with van der Waals surface area (Å²) in [7, 11) is 0. The topological polar surface area (TPSA) is 45.9 Å². The molecule has 0 N–H and O–H groups in total. The average Bonchev–Trinajstić information content (AvgIpc) is 2.39. The summed E-state index contributed by atoms with van der Waals surface area (Å²) < 4.78 is 5.67. The van der Waals surface area contributed by atoms with E-state index in [-0.39, 0.29) is 0 Å². The third kappa shape index (κ3) is 2.60. The van der Waals surface area contributed by atoms with Gasteiger partial charge < -0.3 is 4.74 Å². The minimum absolute atomic E-state index is 0.458. The Labute approximate surface area is 107 Å². The molecule has 0 saturated heterocycles. The fraction of sp³-hybridized carbons (Fsp3) is 0.333. The first-order chi connectivity index (χ1) is 8.74. The van der Waals surface area contributed by atoms with Crippen LogP contribution in [-0.2, 0) is 0 Å². The molecule has 3 heteroatoms. The zero-order chi connectivity index (χ0) is 13.0. The molecule has 1 aromatic heterocycles. The highest BCUT2D eigenvalue weighted by molar-refractivity contribution is 5.84. The van der Waals surface area contributed by atoms with Crippen molar-refractivity contribution in [1.29, 1.82) is 5.26 Å². The van der Waals surface area contributed by atoms with Gasteiger partial charge in [0.15, 0.2) is 0 Å². The van der Waals surface area contributed by atoms with Gasteiger partial charge in [0.05, 0.1) is 12.1 Å². The van der Waals surface area contributed by atoms with Crippen molar-refractivity contribution < 1.29 is 4.74 Å². The number of aryl methyl sites for hydroxylation is 1. The number of fused-ring (bicyclic) bond motifs is 1. The lowest BCUT2D eigenvalue weighted by molar-refractivity contribution is 0.310. The Morgan fingerprint density at radius 1 is 1.33 bits per heavy atom. The number of hydrogen-bond acceptors (Lipinski definition) is 3. The van der Waals surface area contributed by atoms with E-state index in [9.17, 15) is 0 Å². The van der Waals surface area contributed by atoms with Crippen LogP contribution in [0.2, 0.25) is 0 Å². The number of rotatable bonds is 4. The Kier molecular flexibility index (Phi) is 3.78. The van der Waals surface area contributed by atoms with E-state index in [0.29, 0.717) is 5.69 Å². The van der Waals surface area contributed by atoms with Crippen LogP contribution in [0.25, 0.3) is 10.9 Å². The second-order valence-corrected chi connectivity index (χ2v) is 4.32. The van der Waals surface area contributed by atoms with Crippen molar-refractivity contribution in [1.82, 2.24) is 4.98 Å². The molecule has 0 radical (unpaired) electrons. The number of unbranched alkanes of at least 4 members (excludes halogenated alkanes) is 1. The lowest BCUT2D eigenvalue weighted by Gasteiger charge is -2.08. The number of benzene rings is 1. The Bertz CT molecular complexity index is 599. The van der Waals surface area contributed by atoms with E-state index >= 15 is 0 Å². The Morgan fingerprint density at radius 3 is 2.89 bits per heavy atom. The van der Waals surface area contributed by atoms with Crippen LogP contribution in [0.4, 0.5) is 0 Å². The molecule has 0 saturated carbocycles. The summed E-state index contributed by atoms with van der Waals surface area (Å²) in [6.45, 7) is 4.87. The zero-order valence-electron chi connectivity index (χ0n) is 10.7. The quantitative estimate of drug-likeness (QED) is 0.767. The molecule has 0 bridgehead atoms. The Balaban J connectivity index is 2.34. The summed E-state index contributed by atoms with van der Waals surface area (Å²) in [6, 6.07) is 9.69. The molecular weight excluding hydrogens is 224 g/mol. The first-order valence-corrected chi connectivity index (χ1v) is 6.19. The second kappa shape index (κ2) is 5.50. The second-order valence-electron chi connectivity index (χ2n) is 4.32. The van der Waals surface area contributed by atoms with Crippen molar-refractivity contribution >= 4 is 10.9 Å². The van der Waals surface area contributed by atoms with Crippen molar-refractivity contribution in [3.63, 3.8) is 0 Å². The molecule has 18 heavy (non-hydrogen) atoms. The van der Waals surface area contributed by atoms with Crippen LogP contribution in [0.15, 0.2) is 24.3 Å². The van der Waals surface area contributed by atoms with E-state index in [0.717, 1.165) is 41.7 Å². The van der Waals surface area contributed by atoms with Gasteiger partial charge >= 0.3 is 0 Å². The monoisotopic (exact) mass is 240 g/mol. The molecular formula is C15H16N2O. The molecule has 0 fully saturated rings. The minimum Gasteiger partial charge on any atom is -0.494 e. The van der Waals surface area contributed by atoms with Crippen LogP contribution in [0.3, 0.4) is 0 Å². The van der Waals surface area contributed by atoms with Gasteiger partial charge in [0, 0.05) is 5.39 Å². The van der Waals surface area contributed by atoms with Crippen molar-refractivity contribution in [2.45, 2.75) is 26.7 Å². The average molecular weight is 240 g/mol. The number of nitrogens with zero attached hydrogens (tertiary/aromatic N) is 2. The predicted octanol–water partition coefficient (Wildman–Crippen LogP) is 3.59. The van der Waals surface area contributed by atoms with Gasteiger partial charge in [-0.15, -0.1) is 0 Å². The van der Waals surface area contributed by atoms with Crippen LogP contribution in [-0.4, -0.2) is 11.6 Å². The summed E-state index contributed by atoms with van der Waals surface area (Å²) in [5.41, 5.74) is 2.35. The van der Waals surface area contributed by atoms with E-state index in [2.05, 4.69) is 18.0 Å². The number of ether oxygens (including phenoxy) is 1. The number of aromatic nitrogens is 1. The lowest BCUT2D eigenvalue weighted by Crippen LogP contribution is -1.97. The predicted molar refractivity (Wildman–Crippen MR) is 71.6 cm³/mol. The molecule has 0 unspecified atom stereocenters. The molecule has 0 atom stereocenters. The van der Waals surface area contributed by atoms with Gasteiger partial charge in [-0.3, -0.25) is 0 Å². The molecule has 2 rings (SSSR count). The van der Waals surface area contributed by atoms with Gasteiger partial charge in [-0.25, -0.2) is 4.98 Å². The van der Waals surface area contributed by atoms with E-state index in [4.69, 9.17) is 10.00 Å². The van der Waals surface area contributed by atoms with Crippen molar-refractivity contribution in [3.8, 4) is 11.8 Å². The fourth-order valence-electron chi connectivity index (χ4n) is 1.85. The van der Waals surface area contributed by atoms with Gasteiger partial charge in [0.25, 0.3) is 0 Å². The zero-order valence-corrected chi connectivity index (χ0v) is 10.7. The lowest BCUT2D eigenvalue weighted by atomic mass is 10.1.